The van der Waals surface area contributed by atoms with Crippen LogP contribution in [0, 0.1) is 0 Å². The fourth-order valence-corrected chi connectivity index (χ4v) is 3.14. The molecule has 1 aromatic carbocycles. The maximum Gasteiger partial charge on any atom is 0.234 e. The van der Waals surface area contributed by atoms with Crippen molar-refractivity contribution in [3.05, 3.63) is 34.9 Å². The third kappa shape index (κ3) is 7.58. The molecule has 0 spiro atoms. The largest absolute Gasteiger partial charge is 0.385 e. The molecule has 8 heteroatoms. The number of ketones is 1. The van der Waals surface area contributed by atoms with E-state index in [1.165, 1.54) is 0 Å². The van der Waals surface area contributed by atoms with Crippen LogP contribution in [0.1, 0.15) is 29.6 Å². The standard InChI is InChI=1S/C20H28ClN3O4/c1-28-14-2-9-22-19(26)15-23-10-12-24(13-11-23)20(27)8-7-18(25)16-3-5-17(21)6-4-16/h3-6H,2,7-15H2,1H3,(H,22,26). The highest BCUT2D eigenvalue weighted by atomic mass is 35.5. The lowest BCUT2D eigenvalue weighted by molar-refractivity contribution is -0.133. The molecule has 1 aliphatic rings. The molecule has 0 aromatic heterocycles. The number of amides is 2. The Kier molecular flexibility index (Phi) is 9.40. The second kappa shape index (κ2) is 11.8. The van der Waals surface area contributed by atoms with Crippen LogP contribution in [0.3, 0.4) is 0 Å². The molecule has 1 heterocycles. The quantitative estimate of drug-likeness (QED) is 0.469. The molecular weight excluding hydrogens is 382 g/mol. The summed E-state index contributed by atoms with van der Waals surface area (Å²) in [6.07, 6.45) is 1.17. The molecule has 1 aromatic rings. The molecule has 0 saturated carbocycles. The summed E-state index contributed by atoms with van der Waals surface area (Å²) in [5.74, 6) is -0.0933. The molecule has 1 N–H and O–H groups in total. The van der Waals surface area contributed by atoms with E-state index in [1.807, 2.05) is 4.90 Å². The highest BCUT2D eigenvalue weighted by Crippen LogP contribution is 2.13. The van der Waals surface area contributed by atoms with Gasteiger partial charge in [0.05, 0.1) is 6.54 Å². The van der Waals surface area contributed by atoms with Gasteiger partial charge in [0.15, 0.2) is 5.78 Å². The minimum atomic E-state index is -0.0613. The van der Waals surface area contributed by atoms with Crippen LogP contribution in [0.2, 0.25) is 5.02 Å². The zero-order chi connectivity index (χ0) is 20.4. The normalized spacial score (nSPS) is 14.7. The van der Waals surface area contributed by atoms with E-state index < -0.39 is 0 Å². The first-order chi connectivity index (χ1) is 13.5. The summed E-state index contributed by atoms with van der Waals surface area (Å²) < 4.78 is 4.95. The summed E-state index contributed by atoms with van der Waals surface area (Å²) in [5, 5.41) is 3.44. The molecule has 0 atom stereocenters. The van der Waals surface area contributed by atoms with Crippen molar-refractivity contribution in [2.45, 2.75) is 19.3 Å². The number of carbonyl (C=O) groups excluding carboxylic acids is 3. The maximum atomic E-state index is 12.4. The van der Waals surface area contributed by atoms with E-state index in [9.17, 15) is 14.4 Å². The lowest BCUT2D eigenvalue weighted by Gasteiger charge is -2.34. The molecule has 0 bridgehead atoms. The van der Waals surface area contributed by atoms with Crippen molar-refractivity contribution in [3.8, 4) is 0 Å². The van der Waals surface area contributed by atoms with Crippen molar-refractivity contribution in [1.82, 2.24) is 15.1 Å². The Morgan fingerprint density at radius 2 is 1.75 bits per heavy atom. The number of hydrogen-bond acceptors (Lipinski definition) is 5. The first-order valence-electron chi connectivity index (χ1n) is 9.54. The van der Waals surface area contributed by atoms with Crippen molar-refractivity contribution in [2.75, 3.05) is 53.0 Å². The number of halogens is 1. The van der Waals surface area contributed by atoms with Crippen LogP contribution in [0.15, 0.2) is 24.3 Å². The van der Waals surface area contributed by atoms with E-state index in [1.54, 1.807) is 36.3 Å². The van der Waals surface area contributed by atoms with Crippen LogP contribution < -0.4 is 5.32 Å². The lowest BCUT2D eigenvalue weighted by Crippen LogP contribution is -2.51. The predicted molar refractivity (Wildman–Crippen MR) is 108 cm³/mol. The van der Waals surface area contributed by atoms with Gasteiger partial charge in [-0.2, -0.15) is 0 Å². The van der Waals surface area contributed by atoms with Gasteiger partial charge in [0, 0.05) is 69.9 Å². The predicted octanol–water partition coefficient (Wildman–Crippen LogP) is 1.60. The molecule has 2 amide bonds. The summed E-state index contributed by atoms with van der Waals surface area (Å²) in [6.45, 7) is 4.03. The Morgan fingerprint density at radius 3 is 2.39 bits per heavy atom. The second-order valence-corrected chi connectivity index (χ2v) is 7.22. The molecule has 0 radical (unpaired) electrons. The van der Waals surface area contributed by atoms with Crippen molar-refractivity contribution in [3.63, 3.8) is 0 Å². The van der Waals surface area contributed by atoms with E-state index in [-0.39, 0.29) is 30.4 Å². The highest BCUT2D eigenvalue weighted by molar-refractivity contribution is 6.30. The summed E-state index contributed by atoms with van der Waals surface area (Å²) in [5.41, 5.74) is 0.568. The van der Waals surface area contributed by atoms with E-state index in [4.69, 9.17) is 16.3 Å². The minimum Gasteiger partial charge on any atom is -0.385 e. The molecule has 0 aliphatic carbocycles. The highest BCUT2D eigenvalue weighted by Gasteiger charge is 2.22. The Balaban J connectivity index is 1.65. The Hall–Kier alpha value is -1.96. The number of nitrogens with zero attached hydrogens (tertiary/aromatic N) is 2. The average molecular weight is 410 g/mol. The van der Waals surface area contributed by atoms with E-state index >= 15 is 0 Å². The molecule has 1 saturated heterocycles. The van der Waals surface area contributed by atoms with Gasteiger partial charge in [0.25, 0.3) is 0 Å². The minimum absolute atomic E-state index is 0.00978. The topological polar surface area (TPSA) is 79.0 Å². The number of hydrogen-bond donors (Lipinski definition) is 1. The molecule has 154 valence electrons. The summed E-state index contributed by atoms with van der Waals surface area (Å²) >= 11 is 5.82. The fourth-order valence-electron chi connectivity index (χ4n) is 3.02. The smallest absolute Gasteiger partial charge is 0.234 e. The van der Waals surface area contributed by atoms with Crippen molar-refractivity contribution in [1.29, 1.82) is 0 Å². The third-order valence-corrected chi connectivity index (χ3v) is 4.92. The molecule has 7 nitrogen and oxygen atoms in total. The van der Waals surface area contributed by atoms with Crippen molar-refractivity contribution >= 4 is 29.2 Å². The monoisotopic (exact) mass is 409 g/mol. The zero-order valence-electron chi connectivity index (χ0n) is 16.3. The molecule has 0 unspecified atom stereocenters. The van der Waals surface area contributed by atoms with E-state index in [2.05, 4.69) is 5.32 Å². The van der Waals surface area contributed by atoms with Crippen LogP contribution in [0.25, 0.3) is 0 Å². The second-order valence-electron chi connectivity index (χ2n) is 6.78. The first-order valence-corrected chi connectivity index (χ1v) is 9.92. The zero-order valence-corrected chi connectivity index (χ0v) is 17.0. The van der Waals surface area contributed by atoms with Gasteiger partial charge in [-0.25, -0.2) is 0 Å². The van der Waals surface area contributed by atoms with Crippen LogP contribution in [-0.4, -0.2) is 80.4 Å². The SMILES string of the molecule is COCCCNC(=O)CN1CCN(C(=O)CCC(=O)c2ccc(Cl)cc2)CC1. The summed E-state index contributed by atoms with van der Waals surface area (Å²) in [7, 11) is 1.64. The number of benzene rings is 1. The van der Waals surface area contributed by atoms with Gasteiger partial charge in [-0.15, -0.1) is 0 Å². The van der Waals surface area contributed by atoms with E-state index in [0.29, 0.717) is 56.5 Å². The fraction of sp³-hybridized carbons (Fsp3) is 0.550. The van der Waals surface area contributed by atoms with Crippen molar-refractivity contribution in [2.24, 2.45) is 0 Å². The summed E-state index contributed by atoms with van der Waals surface area (Å²) in [4.78, 5) is 40.2. The van der Waals surface area contributed by atoms with Gasteiger partial charge in [0.1, 0.15) is 0 Å². The molecule has 2 rings (SSSR count). The van der Waals surface area contributed by atoms with Crippen molar-refractivity contribution < 1.29 is 19.1 Å². The Bertz CT molecular complexity index is 658. The lowest BCUT2D eigenvalue weighted by atomic mass is 10.1. The van der Waals surface area contributed by atoms with E-state index in [0.717, 1.165) is 6.42 Å². The van der Waals surface area contributed by atoms with Gasteiger partial charge in [0.2, 0.25) is 11.8 Å². The first kappa shape index (κ1) is 22.3. The van der Waals surface area contributed by atoms with Crippen LogP contribution in [0.4, 0.5) is 0 Å². The number of nitrogens with one attached hydrogen (secondary N) is 1. The molecule has 1 fully saturated rings. The van der Waals surface area contributed by atoms with Crippen LogP contribution >= 0.6 is 11.6 Å². The molecule has 28 heavy (non-hydrogen) atoms. The third-order valence-electron chi connectivity index (χ3n) is 4.67. The van der Waals surface area contributed by atoms with Gasteiger partial charge in [-0.05, 0) is 30.7 Å². The van der Waals surface area contributed by atoms with Gasteiger partial charge in [-0.3, -0.25) is 19.3 Å². The van der Waals surface area contributed by atoms with Gasteiger partial charge in [-0.1, -0.05) is 11.6 Å². The van der Waals surface area contributed by atoms with Gasteiger partial charge >= 0.3 is 0 Å². The average Bonchev–Trinajstić information content (AvgIpc) is 2.70. The Morgan fingerprint density at radius 1 is 1.07 bits per heavy atom. The molecular formula is C20H28ClN3O4. The number of methoxy groups -OCH3 is 1. The van der Waals surface area contributed by atoms with Crippen LogP contribution in [0.5, 0.6) is 0 Å². The van der Waals surface area contributed by atoms with Crippen LogP contribution in [-0.2, 0) is 14.3 Å². The number of Topliss-reactive ketones (excluding diaryl/α,β-unsaturated/α-hetero) is 1. The molecule has 1 aliphatic heterocycles. The Labute approximate surface area is 171 Å². The number of piperazine rings is 1. The van der Waals surface area contributed by atoms with Gasteiger partial charge < -0.3 is 15.0 Å². The number of carbonyl (C=O) groups is 3. The number of rotatable bonds is 10. The number of ether oxygens (including phenoxy) is 1. The maximum absolute atomic E-state index is 12.4. The summed E-state index contributed by atoms with van der Waals surface area (Å²) in [6, 6.07) is 6.69.